The lowest BCUT2D eigenvalue weighted by Gasteiger charge is -2.28. The SMILES string of the molecule is CCNC(=NCC(OC)C(C)(C)C)NC(C)C.I. The van der Waals surface area contributed by atoms with Crippen LogP contribution in [0.2, 0.25) is 0 Å². The van der Waals surface area contributed by atoms with Crippen LogP contribution >= 0.6 is 24.0 Å². The third kappa shape index (κ3) is 8.97. The van der Waals surface area contributed by atoms with Gasteiger partial charge in [-0.25, -0.2) is 0 Å². The number of hydrogen-bond acceptors (Lipinski definition) is 2. The Morgan fingerprint density at radius 2 is 1.83 bits per heavy atom. The number of nitrogens with zero attached hydrogens (tertiary/aromatic N) is 1. The van der Waals surface area contributed by atoms with Gasteiger partial charge in [0.2, 0.25) is 0 Å². The predicted octanol–water partition coefficient (Wildman–Crippen LogP) is 2.63. The largest absolute Gasteiger partial charge is 0.379 e. The molecule has 0 saturated heterocycles. The second-order valence-electron chi connectivity index (χ2n) is 5.61. The molecule has 0 heterocycles. The number of halogens is 1. The van der Waals surface area contributed by atoms with Crippen molar-refractivity contribution in [2.24, 2.45) is 10.4 Å². The van der Waals surface area contributed by atoms with E-state index < -0.39 is 0 Å². The minimum Gasteiger partial charge on any atom is -0.379 e. The fraction of sp³-hybridized carbons (Fsp3) is 0.923. The summed E-state index contributed by atoms with van der Waals surface area (Å²) in [5.74, 6) is 0.855. The molecule has 1 atom stereocenters. The molecule has 0 fully saturated rings. The number of rotatable bonds is 5. The van der Waals surface area contributed by atoms with Gasteiger partial charge in [0.1, 0.15) is 0 Å². The van der Waals surface area contributed by atoms with Crippen molar-refractivity contribution < 1.29 is 4.74 Å². The second-order valence-corrected chi connectivity index (χ2v) is 5.61. The Hall–Kier alpha value is -0.0400. The number of nitrogens with one attached hydrogen (secondary N) is 2. The van der Waals surface area contributed by atoms with Gasteiger partial charge < -0.3 is 15.4 Å². The maximum atomic E-state index is 5.49. The third-order valence-electron chi connectivity index (χ3n) is 2.44. The van der Waals surface area contributed by atoms with Crippen molar-refractivity contribution in [2.75, 3.05) is 20.2 Å². The third-order valence-corrected chi connectivity index (χ3v) is 2.44. The van der Waals surface area contributed by atoms with E-state index in [1.54, 1.807) is 7.11 Å². The predicted molar refractivity (Wildman–Crippen MR) is 89.9 cm³/mol. The van der Waals surface area contributed by atoms with Crippen LogP contribution in [0.4, 0.5) is 0 Å². The smallest absolute Gasteiger partial charge is 0.191 e. The maximum absolute atomic E-state index is 5.49. The van der Waals surface area contributed by atoms with E-state index in [0.717, 1.165) is 12.5 Å². The summed E-state index contributed by atoms with van der Waals surface area (Å²) in [6.07, 6.45) is 0.130. The molecular formula is C13H30IN3O. The monoisotopic (exact) mass is 371 g/mol. The Labute approximate surface area is 129 Å². The second kappa shape index (κ2) is 9.83. The Morgan fingerprint density at radius 1 is 1.28 bits per heavy atom. The van der Waals surface area contributed by atoms with E-state index in [4.69, 9.17) is 4.74 Å². The van der Waals surface area contributed by atoms with E-state index in [0.29, 0.717) is 12.6 Å². The van der Waals surface area contributed by atoms with Gasteiger partial charge in [-0.2, -0.15) is 0 Å². The average Bonchev–Trinajstić information content (AvgIpc) is 2.15. The van der Waals surface area contributed by atoms with Crippen molar-refractivity contribution in [3.8, 4) is 0 Å². The van der Waals surface area contributed by atoms with E-state index in [1.807, 2.05) is 0 Å². The van der Waals surface area contributed by atoms with Gasteiger partial charge in [0.05, 0.1) is 12.6 Å². The number of aliphatic imine (C=N–C) groups is 1. The molecular weight excluding hydrogens is 341 g/mol. The van der Waals surface area contributed by atoms with Crippen molar-refractivity contribution in [1.82, 2.24) is 10.6 Å². The summed E-state index contributed by atoms with van der Waals surface area (Å²) in [5.41, 5.74) is 0.105. The average molecular weight is 371 g/mol. The van der Waals surface area contributed by atoms with Crippen molar-refractivity contribution in [1.29, 1.82) is 0 Å². The first-order chi connectivity index (χ1) is 7.81. The van der Waals surface area contributed by atoms with Gasteiger partial charge >= 0.3 is 0 Å². The van der Waals surface area contributed by atoms with Crippen molar-refractivity contribution in [3.63, 3.8) is 0 Å². The Balaban J connectivity index is 0. The summed E-state index contributed by atoms with van der Waals surface area (Å²) in [7, 11) is 1.74. The minimum absolute atomic E-state index is 0. The molecule has 0 aromatic rings. The highest BCUT2D eigenvalue weighted by Gasteiger charge is 2.24. The molecule has 5 heteroatoms. The molecule has 2 N–H and O–H groups in total. The molecule has 0 amide bonds. The first kappa shape index (κ1) is 20.3. The van der Waals surface area contributed by atoms with E-state index in [-0.39, 0.29) is 35.5 Å². The molecule has 0 aromatic heterocycles. The molecule has 0 radical (unpaired) electrons. The molecule has 0 aliphatic carbocycles. The molecule has 0 spiro atoms. The Morgan fingerprint density at radius 3 is 2.17 bits per heavy atom. The molecule has 0 saturated carbocycles. The molecule has 1 unspecified atom stereocenters. The van der Waals surface area contributed by atoms with Crippen LogP contribution in [0, 0.1) is 5.41 Å². The summed E-state index contributed by atoms with van der Waals surface area (Å²) in [6, 6.07) is 0.378. The fourth-order valence-corrected chi connectivity index (χ4v) is 1.47. The number of methoxy groups -OCH3 is 1. The Bertz CT molecular complexity index is 237. The highest BCUT2D eigenvalue weighted by Crippen LogP contribution is 2.21. The van der Waals surface area contributed by atoms with Crippen molar-refractivity contribution in [2.45, 2.75) is 53.7 Å². The van der Waals surface area contributed by atoms with Gasteiger partial charge in [0, 0.05) is 19.7 Å². The molecule has 18 heavy (non-hydrogen) atoms. The zero-order valence-electron chi connectivity index (χ0n) is 12.8. The Kier molecular flexibility index (Phi) is 11.1. The van der Waals surface area contributed by atoms with Gasteiger partial charge in [-0.05, 0) is 26.2 Å². The first-order valence-electron chi connectivity index (χ1n) is 6.38. The maximum Gasteiger partial charge on any atom is 0.191 e. The van der Waals surface area contributed by atoms with Gasteiger partial charge in [-0.1, -0.05) is 20.8 Å². The molecule has 4 nitrogen and oxygen atoms in total. The van der Waals surface area contributed by atoms with Crippen LogP contribution < -0.4 is 10.6 Å². The quantitative estimate of drug-likeness (QED) is 0.444. The van der Waals surface area contributed by atoms with E-state index in [9.17, 15) is 0 Å². The molecule has 110 valence electrons. The van der Waals surface area contributed by atoms with Crippen LogP contribution in [0.3, 0.4) is 0 Å². The molecule has 0 rings (SSSR count). The number of ether oxygens (including phenoxy) is 1. The fourth-order valence-electron chi connectivity index (χ4n) is 1.47. The van der Waals surface area contributed by atoms with Crippen LogP contribution in [-0.2, 0) is 4.74 Å². The summed E-state index contributed by atoms with van der Waals surface area (Å²) in [4.78, 5) is 4.56. The zero-order valence-corrected chi connectivity index (χ0v) is 15.2. The highest BCUT2D eigenvalue weighted by molar-refractivity contribution is 14.0. The van der Waals surface area contributed by atoms with Crippen molar-refractivity contribution in [3.05, 3.63) is 0 Å². The van der Waals surface area contributed by atoms with Gasteiger partial charge in [0.25, 0.3) is 0 Å². The van der Waals surface area contributed by atoms with Gasteiger partial charge in [0.15, 0.2) is 5.96 Å². The summed E-state index contributed by atoms with van der Waals surface area (Å²) >= 11 is 0. The standard InChI is InChI=1S/C13H29N3O.HI/c1-8-14-12(16-10(2)3)15-9-11(17-7)13(4,5)6;/h10-11H,8-9H2,1-7H3,(H2,14,15,16);1H. The first-order valence-corrected chi connectivity index (χ1v) is 6.38. The molecule has 0 aromatic carbocycles. The van der Waals surface area contributed by atoms with Crippen LogP contribution in [-0.4, -0.2) is 38.3 Å². The topological polar surface area (TPSA) is 45.7 Å². The lowest BCUT2D eigenvalue weighted by Crippen LogP contribution is -2.42. The summed E-state index contributed by atoms with van der Waals surface area (Å²) in [5, 5.41) is 6.52. The van der Waals surface area contributed by atoms with Gasteiger partial charge in [-0.3, -0.25) is 4.99 Å². The van der Waals surface area contributed by atoms with Crippen LogP contribution in [0.15, 0.2) is 4.99 Å². The lowest BCUT2D eigenvalue weighted by molar-refractivity contribution is 0.0241. The van der Waals surface area contributed by atoms with Gasteiger partial charge in [-0.15, -0.1) is 24.0 Å². The summed E-state index contributed by atoms with van der Waals surface area (Å²) < 4.78 is 5.49. The lowest BCUT2D eigenvalue weighted by atomic mass is 9.89. The van der Waals surface area contributed by atoms with Crippen LogP contribution in [0.5, 0.6) is 0 Å². The highest BCUT2D eigenvalue weighted by atomic mass is 127. The minimum atomic E-state index is 0. The molecule has 0 aliphatic heterocycles. The van der Waals surface area contributed by atoms with Crippen LogP contribution in [0.1, 0.15) is 41.5 Å². The normalized spacial score (nSPS) is 14.1. The van der Waals surface area contributed by atoms with Crippen molar-refractivity contribution >= 4 is 29.9 Å². The molecule has 0 aliphatic rings. The zero-order chi connectivity index (χ0) is 13.5. The number of guanidine groups is 1. The molecule has 0 bridgehead atoms. The number of hydrogen-bond donors (Lipinski definition) is 2. The summed E-state index contributed by atoms with van der Waals surface area (Å²) in [6.45, 7) is 14.3. The van der Waals surface area contributed by atoms with E-state index in [1.165, 1.54) is 0 Å². The van der Waals surface area contributed by atoms with E-state index in [2.05, 4.69) is 57.2 Å². The van der Waals surface area contributed by atoms with E-state index >= 15 is 0 Å². The van der Waals surface area contributed by atoms with Crippen LogP contribution in [0.25, 0.3) is 0 Å².